The van der Waals surface area contributed by atoms with Crippen LogP contribution in [0.1, 0.15) is 33.4 Å². The van der Waals surface area contributed by atoms with Gasteiger partial charge in [-0.2, -0.15) is 0 Å². The van der Waals surface area contributed by atoms with Gasteiger partial charge in [-0.1, -0.05) is 33.4 Å². The second kappa shape index (κ2) is 9.03. The summed E-state index contributed by atoms with van der Waals surface area (Å²) in [6.07, 6.45) is 3.21. The third-order valence-corrected chi connectivity index (χ3v) is 10.3. The monoisotopic (exact) mass is 449 g/mol. The maximum absolute atomic E-state index is 11.9. The molecule has 11 heteroatoms. The van der Waals surface area contributed by atoms with Crippen LogP contribution in [0.3, 0.4) is 0 Å². The van der Waals surface area contributed by atoms with E-state index in [0.29, 0.717) is 17.6 Å². The Labute approximate surface area is 182 Å². The lowest BCUT2D eigenvalue weighted by atomic mass is 10.2. The van der Waals surface area contributed by atoms with Crippen LogP contribution in [-0.4, -0.2) is 64.5 Å². The summed E-state index contributed by atoms with van der Waals surface area (Å²) in [4.78, 5) is 24.6. The molecule has 3 rings (SSSR count). The summed E-state index contributed by atoms with van der Waals surface area (Å²) in [6, 6.07) is 0. The first-order valence-corrected chi connectivity index (χ1v) is 13.1. The molecular weight excluding hydrogens is 418 g/mol. The molecule has 10 nitrogen and oxygen atoms in total. The number of rotatable bonds is 7. The normalized spacial score (nSPS) is 21.9. The third-order valence-electron chi connectivity index (χ3n) is 5.83. The van der Waals surface area contributed by atoms with E-state index >= 15 is 0 Å². The number of aromatic nitrogens is 4. The molecule has 1 aliphatic rings. The van der Waals surface area contributed by atoms with E-state index in [-0.39, 0.29) is 30.2 Å². The van der Waals surface area contributed by atoms with Crippen LogP contribution in [0.15, 0.2) is 25.3 Å². The Balaban J connectivity index is 1.81. The number of nitrogens with one attached hydrogen (secondary N) is 1. The molecule has 0 saturated carbocycles. The number of aliphatic hydroxyl groups is 1. The number of amides is 1. The molecule has 3 atom stereocenters. The standard InChI is InChI=1S/C20H31N5O5Si/c1-7-8-28-19(27)24-17-16-18(22-11-21-17)25(12-23-16)15-9-13(14(10-26)29-15)30-31(5,6)20(2,3)4/h7,11-15,26H,1,8-10H2,2-6H3,(H,21,22,24,27)/t13-,14+,15+/m0/s1. The SMILES string of the molecule is C=CCOC(=O)Nc1ncnc2c1ncn2[C@H]1C[C@H](O[Si](C)(C)C(C)(C)C)[C@@H](CO)O1. The molecule has 1 fully saturated rings. The van der Waals surface area contributed by atoms with E-state index in [1.165, 1.54) is 12.4 Å². The number of anilines is 1. The van der Waals surface area contributed by atoms with E-state index in [4.69, 9.17) is 13.9 Å². The van der Waals surface area contributed by atoms with Crippen molar-refractivity contribution in [2.75, 3.05) is 18.5 Å². The first-order valence-electron chi connectivity index (χ1n) is 10.2. The van der Waals surface area contributed by atoms with Gasteiger partial charge in [0, 0.05) is 6.42 Å². The molecule has 2 aromatic rings. The first kappa shape index (κ1) is 23.3. The van der Waals surface area contributed by atoms with E-state index in [1.807, 2.05) is 0 Å². The van der Waals surface area contributed by atoms with Gasteiger partial charge in [-0.15, -0.1) is 0 Å². The van der Waals surface area contributed by atoms with E-state index in [0.717, 1.165) is 0 Å². The van der Waals surface area contributed by atoms with Crippen LogP contribution in [0, 0.1) is 0 Å². The lowest BCUT2D eigenvalue weighted by Gasteiger charge is -2.39. The highest BCUT2D eigenvalue weighted by atomic mass is 28.4. The van der Waals surface area contributed by atoms with Crippen molar-refractivity contribution in [1.82, 2.24) is 19.5 Å². The summed E-state index contributed by atoms with van der Waals surface area (Å²) in [7, 11) is -2.04. The van der Waals surface area contributed by atoms with E-state index in [9.17, 15) is 9.90 Å². The molecule has 1 saturated heterocycles. The number of hydrogen-bond donors (Lipinski definition) is 2. The minimum Gasteiger partial charge on any atom is -0.445 e. The van der Waals surface area contributed by atoms with E-state index in [2.05, 4.69) is 60.7 Å². The van der Waals surface area contributed by atoms with Gasteiger partial charge in [-0.25, -0.2) is 19.7 Å². The number of imidazole rings is 1. The minimum atomic E-state index is -2.04. The molecule has 1 aliphatic heterocycles. The summed E-state index contributed by atoms with van der Waals surface area (Å²) >= 11 is 0. The topological polar surface area (TPSA) is 121 Å². The molecule has 2 aromatic heterocycles. The zero-order valence-electron chi connectivity index (χ0n) is 18.7. The molecular formula is C20H31N5O5Si. The molecule has 0 aliphatic carbocycles. The van der Waals surface area contributed by atoms with E-state index < -0.39 is 26.7 Å². The van der Waals surface area contributed by atoms with Crippen molar-refractivity contribution in [2.45, 2.75) is 63.8 Å². The third kappa shape index (κ3) is 4.95. The number of nitrogens with zero attached hydrogens (tertiary/aromatic N) is 4. The molecule has 0 aromatic carbocycles. The fourth-order valence-electron chi connectivity index (χ4n) is 3.14. The van der Waals surface area contributed by atoms with Crippen LogP contribution < -0.4 is 5.32 Å². The van der Waals surface area contributed by atoms with Gasteiger partial charge in [-0.05, 0) is 18.1 Å². The highest BCUT2D eigenvalue weighted by Gasteiger charge is 2.45. The van der Waals surface area contributed by atoms with Gasteiger partial charge in [0.1, 0.15) is 25.3 Å². The maximum atomic E-state index is 11.9. The summed E-state index contributed by atoms with van der Waals surface area (Å²) in [5.41, 5.74) is 0.916. The Morgan fingerprint density at radius 1 is 1.42 bits per heavy atom. The highest BCUT2D eigenvalue weighted by Crippen LogP contribution is 2.41. The predicted octanol–water partition coefficient (Wildman–Crippen LogP) is 3.23. The molecule has 0 radical (unpaired) electrons. The van der Waals surface area contributed by atoms with Crippen molar-refractivity contribution in [3.63, 3.8) is 0 Å². The molecule has 2 N–H and O–H groups in total. The largest absolute Gasteiger partial charge is 0.445 e. The first-order chi connectivity index (χ1) is 14.6. The Kier molecular flexibility index (Phi) is 6.79. The van der Waals surface area contributed by atoms with Crippen molar-refractivity contribution in [3.05, 3.63) is 25.3 Å². The van der Waals surface area contributed by atoms with Crippen LogP contribution in [0.2, 0.25) is 18.1 Å². The Morgan fingerprint density at radius 2 is 2.16 bits per heavy atom. The lowest BCUT2D eigenvalue weighted by molar-refractivity contribution is -0.0410. The van der Waals surface area contributed by atoms with E-state index in [1.54, 1.807) is 10.9 Å². The molecule has 0 unspecified atom stereocenters. The van der Waals surface area contributed by atoms with Crippen LogP contribution >= 0.6 is 0 Å². The van der Waals surface area contributed by atoms with Gasteiger partial charge in [0.05, 0.1) is 19.0 Å². The van der Waals surface area contributed by atoms with Gasteiger partial charge in [0.25, 0.3) is 0 Å². The number of ether oxygens (including phenoxy) is 2. The fourth-order valence-corrected chi connectivity index (χ4v) is 4.49. The van der Waals surface area contributed by atoms with Crippen LogP contribution in [0.25, 0.3) is 11.2 Å². The van der Waals surface area contributed by atoms with Crippen LogP contribution in [-0.2, 0) is 13.9 Å². The van der Waals surface area contributed by atoms with Crippen molar-refractivity contribution in [2.24, 2.45) is 0 Å². The van der Waals surface area contributed by atoms with Crippen molar-refractivity contribution in [1.29, 1.82) is 0 Å². The highest BCUT2D eigenvalue weighted by molar-refractivity contribution is 6.74. The number of hydrogen-bond acceptors (Lipinski definition) is 8. The lowest BCUT2D eigenvalue weighted by Crippen LogP contribution is -2.46. The number of carbonyl (C=O) groups is 1. The summed E-state index contributed by atoms with van der Waals surface area (Å²) in [6.45, 7) is 14.3. The zero-order chi connectivity index (χ0) is 22.8. The second-order valence-electron chi connectivity index (χ2n) is 9.02. The second-order valence-corrected chi connectivity index (χ2v) is 13.8. The minimum absolute atomic E-state index is 0.0425. The Bertz CT molecular complexity index is 942. The quantitative estimate of drug-likeness (QED) is 0.488. The van der Waals surface area contributed by atoms with Crippen LogP contribution in [0.5, 0.6) is 0 Å². The maximum Gasteiger partial charge on any atom is 0.413 e. The smallest absolute Gasteiger partial charge is 0.413 e. The van der Waals surface area contributed by atoms with Crippen molar-refractivity contribution >= 4 is 31.4 Å². The van der Waals surface area contributed by atoms with Crippen molar-refractivity contribution < 1.29 is 23.8 Å². The Morgan fingerprint density at radius 3 is 2.81 bits per heavy atom. The van der Waals surface area contributed by atoms with Gasteiger partial charge >= 0.3 is 6.09 Å². The fraction of sp³-hybridized carbons (Fsp3) is 0.600. The predicted molar refractivity (Wildman–Crippen MR) is 118 cm³/mol. The molecule has 3 heterocycles. The van der Waals surface area contributed by atoms with Gasteiger partial charge in [0.2, 0.25) is 0 Å². The Hall–Kier alpha value is -2.34. The molecule has 0 spiro atoms. The molecule has 170 valence electrons. The van der Waals surface area contributed by atoms with Gasteiger partial charge < -0.3 is 19.0 Å². The molecule has 1 amide bonds. The average molecular weight is 450 g/mol. The number of aliphatic hydroxyl groups excluding tert-OH is 1. The van der Waals surface area contributed by atoms with Crippen molar-refractivity contribution in [3.8, 4) is 0 Å². The molecule has 0 bridgehead atoms. The summed E-state index contributed by atoms with van der Waals surface area (Å²) in [5, 5.41) is 12.5. The summed E-state index contributed by atoms with van der Waals surface area (Å²) < 4.78 is 19.3. The summed E-state index contributed by atoms with van der Waals surface area (Å²) in [5.74, 6) is 0.239. The molecule has 31 heavy (non-hydrogen) atoms. The van der Waals surface area contributed by atoms with Crippen LogP contribution in [0.4, 0.5) is 10.6 Å². The van der Waals surface area contributed by atoms with Gasteiger partial charge in [-0.3, -0.25) is 9.88 Å². The average Bonchev–Trinajstić information content (AvgIpc) is 3.29. The number of fused-ring (bicyclic) bond motifs is 1. The number of carbonyl (C=O) groups excluding carboxylic acids is 1. The van der Waals surface area contributed by atoms with Gasteiger partial charge in [0.15, 0.2) is 25.3 Å². The zero-order valence-corrected chi connectivity index (χ0v) is 19.7.